The maximum absolute atomic E-state index is 14.6. The molecule has 3 heterocycles. The topological polar surface area (TPSA) is 123 Å². The normalized spacial score (nSPS) is 17.4. The molecule has 1 fully saturated rings. The third-order valence-corrected chi connectivity index (χ3v) is 11.5. The van der Waals surface area contributed by atoms with E-state index in [9.17, 15) is 22.8 Å². The van der Waals surface area contributed by atoms with Gasteiger partial charge in [0.2, 0.25) is 11.8 Å². The number of rotatable bonds is 11. The van der Waals surface area contributed by atoms with Crippen LogP contribution in [0, 0.1) is 11.8 Å². The average Bonchev–Trinajstić information content (AvgIpc) is 3.51. The monoisotopic (exact) mass is 731 g/mol. The zero-order valence-electron chi connectivity index (χ0n) is 29.4. The Kier molecular flexibility index (Phi) is 11.2. The number of hydrogen-bond donors (Lipinski definition) is 2. The first-order valence-corrected chi connectivity index (χ1v) is 19.8. The summed E-state index contributed by atoms with van der Waals surface area (Å²) in [5.74, 6) is -0.204. The standard InChI is InChI=1S/C39H46ClN5O5S/c1-43(2)24-27-20-28-21-30(40)13-14-35(28)45(25-27)39(48)34(22-29-23-41-33-10-6-4-8-31(29)33)42-37(46)15-12-26-16-18-44(19-17-26)38(47)32-9-5-7-11-36(32)51(3,49)50/h4-11,13-14,21,23,26-27,34,41H,12,15-20,22,24-25H2,1-3H3,(H,42,46)/t27-,34-/m1/s1. The highest BCUT2D eigenvalue weighted by atomic mass is 35.5. The van der Waals surface area contributed by atoms with Gasteiger partial charge in [0.15, 0.2) is 9.84 Å². The van der Waals surface area contributed by atoms with Crippen molar-refractivity contribution in [2.45, 2.75) is 49.5 Å². The molecule has 1 saturated heterocycles. The zero-order valence-corrected chi connectivity index (χ0v) is 31.0. The molecule has 0 unspecified atom stereocenters. The second-order valence-electron chi connectivity index (χ2n) is 14.3. The lowest BCUT2D eigenvalue weighted by Gasteiger charge is -2.37. The lowest BCUT2D eigenvalue weighted by atomic mass is 9.90. The Bertz CT molecular complexity index is 2020. The number of nitrogens with one attached hydrogen (secondary N) is 2. The van der Waals surface area contributed by atoms with Gasteiger partial charge in [-0.1, -0.05) is 41.9 Å². The van der Waals surface area contributed by atoms with Crippen LogP contribution in [0.5, 0.6) is 0 Å². The molecule has 10 nitrogen and oxygen atoms in total. The van der Waals surface area contributed by atoms with E-state index in [1.54, 1.807) is 23.1 Å². The number of halogens is 1. The number of carbonyl (C=O) groups is 3. The van der Waals surface area contributed by atoms with E-state index in [4.69, 9.17) is 11.6 Å². The van der Waals surface area contributed by atoms with Gasteiger partial charge < -0.3 is 25.0 Å². The molecular formula is C39H46ClN5O5S. The van der Waals surface area contributed by atoms with E-state index in [1.807, 2.05) is 67.7 Å². The van der Waals surface area contributed by atoms with Crippen LogP contribution in [0.4, 0.5) is 5.69 Å². The number of H-pyrrole nitrogens is 1. The number of sulfone groups is 1. The van der Waals surface area contributed by atoms with E-state index < -0.39 is 15.9 Å². The Morgan fingerprint density at radius 3 is 2.47 bits per heavy atom. The fourth-order valence-electron chi connectivity index (χ4n) is 7.63. The molecule has 3 amide bonds. The molecule has 2 atom stereocenters. The molecule has 0 saturated carbocycles. The van der Waals surface area contributed by atoms with Crippen LogP contribution in [0.25, 0.3) is 10.9 Å². The lowest BCUT2D eigenvalue weighted by Crippen LogP contribution is -2.53. The Morgan fingerprint density at radius 2 is 1.73 bits per heavy atom. The van der Waals surface area contributed by atoms with Gasteiger partial charge in [0.05, 0.1) is 10.5 Å². The summed E-state index contributed by atoms with van der Waals surface area (Å²) in [5, 5.41) is 4.77. The predicted octanol–water partition coefficient (Wildman–Crippen LogP) is 5.35. The molecule has 51 heavy (non-hydrogen) atoms. The SMILES string of the molecule is CN(C)C[C@H]1Cc2cc(Cl)ccc2N(C(=O)[C@@H](Cc2c[nH]c3ccccc23)NC(=O)CCC2CCN(C(=O)c3ccccc3S(C)(=O)=O)CC2)C1. The highest BCUT2D eigenvalue weighted by Crippen LogP contribution is 2.33. The maximum Gasteiger partial charge on any atom is 0.255 e. The van der Waals surface area contributed by atoms with E-state index in [0.717, 1.165) is 46.9 Å². The van der Waals surface area contributed by atoms with Crippen LogP contribution in [0.3, 0.4) is 0 Å². The van der Waals surface area contributed by atoms with Gasteiger partial charge in [0.1, 0.15) is 6.04 Å². The molecule has 1 aromatic heterocycles. The molecular weight excluding hydrogens is 686 g/mol. The number of anilines is 1. The number of likely N-dealkylation sites (tertiary alicyclic amines) is 1. The molecule has 6 rings (SSSR count). The van der Waals surface area contributed by atoms with Crippen LogP contribution in [0.1, 0.15) is 47.2 Å². The summed E-state index contributed by atoms with van der Waals surface area (Å²) in [7, 11) is 0.505. The first kappa shape index (κ1) is 36.6. The van der Waals surface area contributed by atoms with Crippen LogP contribution in [0.15, 0.2) is 77.8 Å². The van der Waals surface area contributed by atoms with Crippen molar-refractivity contribution in [3.8, 4) is 0 Å². The van der Waals surface area contributed by atoms with E-state index in [2.05, 4.69) is 15.2 Å². The van der Waals surface area contributed by atoms with Crippen molar-refractivity contribution in [1.29, 1.82) is 0 Å². The first-order chi connectivity index (χ1) is 24.4. The number of amides is 3. The third-order valence-electron chi connectivity index (χ3n) is 10.1. The zero-order chi connectivity index (χ0) is 36.3. The van der Waals surface area contributed by atoms with Crippen molar-refractivity contribution in [2.75, 3.05) is 51.4 Å². The summed E-state index contributed by atoms with van der Waals surface area (Å²) in [4.78, 5) is 50.5. The molecule has 12 heteroatoms. The number of para-hydroxylation sites is 1. The number of aromatic nitrogens is 1. The quantitative estimate of drug-likeness (QED) is 0.215. The van der Waals surface area contributed by atoms with E-state index in [1.165, 1.54) is 6.07 Å². The number of benzene rings is 3. The highest BCUT2D eigenvalue weighted by molar-refractivity contribution is 7.90. The fourth-order valence-corrected chi connectivity index (χ4v) is 8.71. The summed E-state index contributed by atoms with van der Waals surface area (Å²) in [5.41, 5.74) is 3.97. The third kappa shape index (κ3) is 8.65. The van der Waals surface area contributed by atoms with E-state index in [-0.39, 0.29) is 46.4 Å². The molecule has 2 aliphatic rings. The van der Waals surface area contributed by atoms with Crippen LogP contribution in [-0.2, 0) is 32.3 Å². The fraction of sp³-hybridized carbons (Fsp3) is 0.410. The van der Waals surface area contributed by atoms with Crippen molar-refractivity contribution >= 4 is 55.8 Å². The molecule has 4 aromatic rings. The van der Waals surface area contributed by atoms with Gasteiger partial charge >= 0.3 is 0 Å². The minimum absolute atomic E-state index is 0.0376. The van der Waals surface area contributed by atoms with E-state index in [0.29, 0.717) is 50.3 Å². The first-order valence-electron chi connectivity index (χ1n) is 17.5. The van der Waals surface area contributed by atoms with Gasteiger partial charge in [-0.25, -0.2) is 8.42 Å². The number of nitrogens with zero attached hydrogens (tertiary/aromatic N) is 3. The molecule has 0 radical (unpaired) electrons. The van der Waals surface area contributed by atoms with E-state index >= 15 is 0 Å². The summed E-state index contributed by atoms with van der Waals surface area (Å²) in [6.07, 6.45) is 6.46. The maximum atomic E-state index is 14.6. The second-order valence-corrected chi connectivity index (χ2v) is 16.7. The molecule has 0 spiro atoms. The average molecular weight is 732 g/mol. The van der Waals surface area contributed by atoms with Crippen molar-refractivity contribution in [3.05, 3.63) is 94.6 Å². The Balaban J connectivity index is 1.14. The molecule has 2 aliphatic heterocycles. The van der Waals surface area contributed by atoms with Crippen LogP contribution in [0.2, 0.25) is 5.02 Å². The number of piperidine rings is 1. The van der Waals surface area contributed by atoms with Crippen molar-refractivity contribution in [1.82, 2.24) is 20.1 Å². The molecule has 3 aromatic carbocycles. The smallest absolute Gasteiger partial charge is 0.255 e. The number of fused-ring (bicyclic) bond motifs is 2. The molecule has 0 bridgehead atoms. The van der Waals surface area contributed by atoms with Gasteiger partial charge in [-0.2, -0.15) is 0 Å². The summed E-state index contributed by atoms with van der Waals surface area (Å²) < 4.78 is 24.6. The van der Waals surface area contributed by atoms with Crippen molar-refractivity contribution in [2.24, 2.45) is 11.8 Å². The van der Waals surface area contributed by atoms with Crippen LogP contribution < -0.4 is 10.2 Å². The van der Waals surface area contributed by atoms with Gasteiger partial charge in [0.25, 0.3) is 5.91 Å². The van der Waals surface area contributed by atoms with Crippen molar-refractivity contribution in [3.63, 3.8) is 0 Å². The molecule has 2 N–H and O–H groups in total. The minimum atomic E-state index is -3.55. The Hall–Kier alpha value is -4.19. The lowest BCUT2D eigenvalue weighted by molar-refractivity contribution is -0.127. The van der Waals surface area contributed by atoms with Crippen LogP contribution >= 0.6 is 11.6 Å². The van der Waals surface area contributed by atoms with Gasteiger partial charge in [-0.05, 0) is 99.1 Å². The Labute approximate surface area is 305 Å². The summed E-state index contributed by atoms with van der Waals surface area (Å²) >= 11 is 6.40. The largest absolute Gasteiger partial charge is 0.361 e. The molecule has 0 aliphatic carbocycles. The highest BCUT2D eigenvalue weighted by Gasteiger charge is 2.34. The summed E-state index contributed by atoms with van der Waals surface area (Å²) in [6.45, 7) is 2.32. The Morgan fingerprint density at radius 1 is 1.00 bits per heavy atom. The van der Waals surface area contributed by atoms with Gasteiger partial charge in [0, 0.05) is 73.1 Å². The van der Waals surface area contributed by atoms with Gasteiger partial charge in [-0.15, -0.1) is 0 Å². The van der Waals surface area contributed by atoms with Crippen molar-refractivity contribution < 1.29 is 22.8 Å². The summed E-state index contributed by atoms with van der Waals surface area (Å²) in [6, 6.07) is 19.1. The molecule has 270 valence electrons. The number of hydrogen-bond acceptors (Lipinski definition) is 6. The van der Waals surface area contributed by atoms with Crippen LogP contribution in [-0.4, -0.2) is 93.5 Å². The number of aromatic amines is 1. The second kappa shape index (κ2) is 15.6. The number of carbonyl (C=O) groups excluding carboxylic acids is 3. The van der Waals surface area contributed by atoms with Gasteiger partial charge in [-0.3, -0.25) is 14.4 Å². The predicted molar refractivity (Wildman–Crippen MR) is 201 cm³/mol. The minimum Gasteiger partial charge on any atom is -0.361 e.